The average Bonchev–Trinajstić information content (AvgIpc) is 2.97. The third-order valence-electron chi connectivity index (χ3n) is 7.18. The number of benzene rings is 3. The number of hydrogen-bond donors (Lipinski definition) is 1. The molecule has 0 aliphatic rings. The van der Waals surface area contributed by atoms with E-state index in [4.69, 9.17) is 21.1 Å². The lowest BCUT2D eigenvalue weighted by molar-refractivity contribution is -0.139. The molecule has 0 fully saturated rings. The van der Waals surface area contributed by atoms with Gasteiger partial charge < -0.3 is 19.7 Å². The van der Waals surface area contributed by atoms with Crippen LogP contribution in [0.3, 0.4) is 0 Å². The molecule has 1 N–H and O–H groups in total. The lowest BCUT2D eigenvalue weighted by Gasteiger charge is -2.33. The molecule has 0 saturated carbocycles. The molecule has 3 aromatic carbocycles. The zero-order valence-electron chi connectivity index (χ0n) is 25.7. The first-order valence-corrected chi connectivity index (χ1v) is 15.8. The quantitative estimate of drug-likeness (QED) is 0.268. The number of nitrogens with zero attached hydrogens (tertiary/aromatic N) is 2. The van der Waals surface area contributed by atoms with Crippen molar-refractivity contribution in [1.82, 2.24) is 10.2 Å². The zero-order chi connectivity index (χ0) is 31.9. The number of nitrogens with one attached hydrogen (secondary N) is 1. The molecule has 0 saturated heterocycles. The molecule has 0 radical (unpaired) electrons. The minimum absolute atomic E-state index is 0.00465. The van der Waals surface area contributed by atoms with Crippen LogP contribution in [0.2, 0.25) is 5.02 Å². The maximum atomic E-state index is 14.2. The molecule has 0 aromatic heterocycles. The SMILES string of the molecule is CC[C@@H](C)NC(=O)[C@H](C)N(Cc1ccccc1Cl)C(=O)CN(c1cc(C)cc(C)c1)S(=O)(=O)c1ccc(OC)c(OC)c1. The number of carbonyl (C=O) groups excluding carboxylic acids is 2. The molecule has 0 bridgehead atoms. The standard InChI is InChI=1S/C32H40ClN3O6S/c1-8-23(4)34-32(38)24(5)35(19-25-11-9-10-12-28(25)33)31(37)20-36(26-16-21(2)15-22(3)17-26)43(39,40)27-13-14-29(41-6)30(18-27)42-7/h9-18,23-24H,8,19-20H2,1-7H3,(H,34,38)/t23-,24+/m1/s1. The molecule has 232 valence electrons. The minimum Gasteiger partial charge on any atom is -0.493 e. The van der Waals surface area contributed by atoms with Gasteiger partial charge in [-0.15, -0.1) is 0 Å². The summed E-state index contributed by atoms with van der Waals surface area (Å²) in [6.07, 6.45) is 0.709. The minimum atomic E-state index is -4.30. The van der Waals surface area contributed by atoms with Crippen molar-refractivity contribution in [1.29, 1.82) is 0 Å². The Balaban J connectivity index is 2.12. The Hall–Kier alpha value is -3.76. The van der Waals surface area contributed by atoms with E-state index >= 15 is 0 Å². The summed E-state index contributed by atoms with van der Waals surface area (Å²) in [7, 11) is -1.43. The van der Waals surface area contributed by atoms with Crippen LogP contribution in [-0.2, 0) is 26.2 Å². The molecule has 3 aromatic rings. The number of amides is 2. The fourth-order valence-corrected chi connectivity index (χ4v) is 6.20. The van der Waals surface area contributed by atoms with E-state index in [-0.39, 0.29) is 29.1 Å². The van der Waals surface area contributed by atoms with E-state index in [0.29, 0.717) is 28.4 Å². The number of aryl methyl sites for hydroxylation is 2. The first-order valence-electron chi connectivity index (χ1n) is 14.0. The van der Waals surface area contributed by atoms with E-state index in [1.807, 2.05) is 33.8 Å². The van der Waals surface area contributed by atoms with Crippen LogP contribution in [0.25, 0.3) is 0 Å². The van der Waals surface area contributed by atoms with E-state index in [9.17, 15) is 18.0 Å². The van der Waals surface area contributed by atoms with Crippen LogP contribution < -0.4 is 19.1 Å². The molecule has 0 aliphatic heterocycles. The molecular formula is C32H40ClN3O6S. The van der Waals surface area contributed by atoms with Gasteiger partial charge in [-0.05, 0) is 81.1 Å². The fourth-order valence-electron chi connectivity index (χ4n) is 4.59. The van der Waals surface area contributed by atoms with E-state index in [2.05, 4.69) is 5.32 Å². The topological polar surface area (TPSA) is 105 Å². The van der Waals surface area contributed by atoms with Crippen molar-refractivity contribution < 1.29 is 27.5 Å². The summed E-state index contributed by atoms with van der Waals surface area (Å²) in [5.74, 6) is -0.334. The molecule has 0 aliphatic carbocycles. The molecule has 0 spiro atoms. The van der Waals surface area contributed by atoms with Crippen LogP contribution in [-0.4, -0.2) is 58.0 Å². The number of carbonyl (C=O) groups is 2. The molecule has 0 unspecified atom stereocenters. The lowest BCUT2D eigenvalue weighted by atomic mass is 10.1. The van der Waals surface area contributed by atoms with Crippen molar-refractivity contribution in [2.24, 2.45) is 0 Å². The highest BCUT2D eigenvalue weighted by atomic mass is 35.5. The van der Waals surface area contributed by atoms with Gasteiger partial charge in [0, 0.05) is 23.7 Å². The van der Waals surface area contributed by atoms with Gasteiger partial charge in [0.05, 0.1) is 24.8 Å². The van der Waals surface area contributed by atoms with Gasteiger partial charge in [0.1, 0.15) is 12.6 Å². The molecule has 0 heterocycles. The second-order valence-corrected chi connectivity index (χ2v) is 12.8. The number of hydrogen-bond acceptors (Lipinski definition) is 6. The second kappa shape index (κ2) is 14.6. The van der Waals surface area contributed by atoms with Crippen molar-refractivity contribution in [2.45, 2.75) is 64.6 Å². The zero-order valence-corrected chi connectivity index (χ0v) is 27.3. The first-order chi connectivity index (χ1) is 20.3. The molecule has 9 nitrogen and oxygen atoms in total. The van der Waals surface area contributed by atoms with Crippen LogP contribution in [0.1, 0.15) is 43.9 Å². The summed E-state index contributed by atoms with van der Waals surface area (Å²) in [4.78, 5) is 28.7. The molecule has 43 heavy (non-hydrogen) atoms. The summed E-state index contributed by atoms with van der Waals surface area (Å²) in [5, 5.41) is 3.35. The van der Waals surface area contributed by atoms with E-state index in [0.717, 1.165) is 15.4 Å². The van der Waals surface area contributed by atoms with Crippen molar-refractivity contribution in [3.8, 4) is 11.5 Å². The van der Waals surface area contributed by atoms with Gasteiger partial charge in [-0.25, -0.2) is 8.42 Å². The first kappa shape index (κ1) is 33.7. The van der Waals surface area contributed by atoms with E-state index < -0.39 is 28.5 Å². The monoisotopic (exact) mass is 629 g/mol. The Morgan fingerprint density at radius 2 is 1.56 bits per heavy atom. The van der Waals surface area contributed by atoms with Gasteiger partial charge in [-0.2, -0.15) is 0 Å². The summed E-state index contributed by atoms with van der Waals surface area (Å²) in [6, 6.07) is 15.6. The van der Waals surface area contributed by atoms with Crippen LogP contribution in [0.5, 0.6) is 11.5 Å². The normalized spacial score (nSPS) is 12.7. The van der Waals surface area contributed by atoms with Gasteiger partial charge >= 0.3 is 0 Å². The van der Waals surface area contributed by atoms with E-state index in [1.54, 1.807) is 43.3 Å². The highest BCUT2D eigenvalue weighted by molar-refractivity contribution is 7.92. The molecule has 11 heteroatoms. The number of halogens is 1. The van der Waals surface area contributed by atoms with Crippen LogP contribution in [0, 0.1) is 13.8 Å². The van der Waals surface area contributed by atoms with Crippen molar-refractivity contribution >= 4 is 39.1 Å². The predicted octanol–water partition coefficient (Wildman–Crippen LogP) is 5.50. The highest BCUT2D eigenvalue weighted by Gasteiger charge is 2.33. The Kier molecular flexibility index (Phi) is 11.5. The Morgan fingerprint density at radius 3 is 2.14 bits per heavy atom. The lowest BCUT2D eigenvalue weighted by Crippen LogP contribution is -2.52. The highest BCUT2D eigenvalue weighted by Crippen LogP contribution is 2.33. The molecule has 3 rings (SSSR count). The molecule has 2 atom stereocenters. The van der Waals surface area contributed by atoms with Gasteiger partial charge in [0.15, 0.2) is 11.5 Å². The number of sulfonamides is 1. The average molecular weight is 630 g/mol. The summed E-state index contributed by atoms with van der Waals surface area (Å²) < 4.78 is 40.2. The molecule has 2 amide bonds. The van der Waals surface area contributed by atoms with Gasteiger partial charge in [-0.1, -0.05) is 42.8 Å². The maximum Gasteiger partial charge on any atom is 0.264 e. The van der Waals surface area contributed by atoms with Gasteiger partial charge in [0.2, 0.25) is 11.8 Å². The summed E-state index contributed by atoms with van der Waals surface area (Å²) in [5.41, 5.74) is 2.59. The number of methoxy groups -OCH3 is 2. The van der Waals surface area contributed by atoms with Crippen LogP contribution >= 0.6 is 11.6 Å². The third kappa shape index (κ3) is 8.20. The van der Waals surface area contributed by atoms with Crippen molar-refractivity contribution in [2.75, 3.05) is 25.1 Å². The number of ether oxygens (including phenoxy) is 2. The fraction of sp³-hybridized carbons (Fsp3) is 0.375. The van der Waals surface area contributed by atoms with Gasteiger partial charge in [0.25, 0.3) is 10.0 Å². The second-order valence-electron chi connectivity index (χ2n) is 10.5. The maximum absolute atomic E-state index is 14.2. The third-order valence-corrected chi connectivity index (χ3v) is 9.32. The van der Waals surface area contributed by atoms with Crippen LogP contribution in [0.15, 0.2) is 65.6 Å². The van der Waals surface area contributed by atoms with Crippen molar-refractivity contribution in [3.63, 3.8) is 0 Å². The molecular weight excluding hydrogens is 590 g/mol. The number of anilines is 1. The van der Waals surface area contributed by atoms with E-state index in [1.165, 1.54) is 37.3 Å². The van der Waals surface area contributed by atoms with Crippen molar-refractivity contribution in [3.05, 3.63) is 82.4 Å². The van der Waals surface area contributed by atoms with Crippen LogP contribution in [0.4, 0.5) is 5.69 Å². The smallest absolute Gasteiger partial charge is 0.264 e. The Morgan fingerprint density at radius 1 is 0.930 bits per heavy atom. The van der Waals surface area contributed by atoms with Gasteiger partial charge in [-0.3, -0.25) is 13.9 Å². The largest absolute Gasteiger partial charge is 0.493 e. The summed E-state index contributed by atoms with van der Waals surface area (Å²) >= 11 is 6.44. The number of rotatable bonds is 13. The predicted molar refractivity (Wildman–Crippen MR) is 169 cm³/mol. The Labute approximate surface area is 259 Å². The summed E-state index contributed by atoms with van der Waals surface area (Å²) in [6.45, 7) is 8.59. The Bertz CT molecular complexity index is 1540.